The Kier molecular flexibility index (Phi) is 7.43. The van der Waals surface area contributed by atoms with Gasteiger partial charge in [-0.3, -0.25) is 9.97 Å². The molecule has 0 saturated carbocycles. The topological polar surface area (TPSA) is 44.2 Å². The average molecular weight is 513 g/mol. The summed E-state index contributed by atoms with van der Waals surface area (Å²) in [5, 5.41) is 0. The molecule has 4 rings (SSSR count). The van der Waals surface area contributed by atoms with Crippen molar-refractivity contribution in [2.45, 2.75) is 50.5 Å². The Morgan fingerprint density at radius 2 is 0.806 bits per heavy atom. The van der Waals surface area contributed by atoms with E-state index in [0.717, 1.165) is 22.3 Å². The molecule has 2 aromatic heterocycles. The molecule has 186 valence electrons. The summed E-state index contributed by atoms with van der Waals surface area (Å²) < 4.78 is 15.0. The number of pyridine rings is 2. The van der Waals surface area contributed by atoms with E-state index in [9.17, 15) is 0 Å². The fraction of sp³-hybridized carbons (Fsp3) is 0.267. The van der Waals surface area contributed by atoms with Crippen LogP contribution in [0.2, 0.25) is 39.3 Å². The Balaban J connectivity index is 2.28. The van der Waals surface area contributed by atoms with E-state index in [1.807, 2.05) is 36.7 Å². The molecule has 4 aromatic rings. The van der Waals surface area contributed by atoms with Crippen LogP contribution >= 0.6 is 0 Å². The van der Waals surface area contributed by atoms with Crippen LogP contribution in [0, 0.1) is 0 Å². The lowest BCUT2D eigenvalue weighted by Crippen LogP contribution is -2.60. The number of benzene rings is 2. The third kappa shape index (κ3) is 5.13. The van der Waals surface area contributed by atoms with Crippen molar-refractivity contribution in [1.82, 2.24) is 9.97 Å². The lowest BCUT2D eigenvalue weighted by atomic mass is 9.67. The summed E-state index contributed by atoms with van der Waals surface area (Å²) in [6, 6.07) is 29.1. The highest BCUT2D eigenvalue weighted by molar-refractivity contribution is 6.70. The van der Waals surface area contributed by atoms with E-state index in [1.165, 1.54) is 0 Å². The summed E-state index contributed by atoms with van der Waals surface area (Å²) in [4.78, 5) is 9.16. The third-order valence-corrected chi connectivity index (χ3v) is 7.75. The summed E-state index contributed by atoms with van der Waals surface area (Å²) in [6.45, 7) is 13.4. The maximum Gasteiger partial charge on any atom is 0.185 e. The van der Waals surface area contributed by atoms with Crippen LogP contribution in [-0.4, -0.2) is 26.6 Å². The Morgan fingerprint density at radius 1 is 0.472 bits per heavy atom. The molecule has 2 unspecified atom stereocenters. The zero-order valence-corrected chi connectivity index (χ0v) is 24.1. The second-order valence-electron chi connectivity index (χ2n) is 11.0. The molecule has 0 amide bonds. The molecule has 0 bridgehead atoms. The molecule has 2 atom stereocenters. The number of hydrogen-bond acceptors (Lipinski definition) is 4. The van der Waals surface area contributed by atoms with Gasteiger partial charge in [0.2, 0.25) is 0 Å². The van der Waals surface area contributed by atoms with Crippen LogP contribution < -0.4 is 0 Å². The van der Waals surface area contributed by atoms with Crippen molar-refractivity contribution in [2.24, 2.45) is 0 Å². The molecule has 4 nitrogen and oxygen atoms in total. The molecule has 2 heterocycles. The van der Waals surface area contributed by atoms with E-state index in [1.54, 1.807) is 12.4 Å². The molecule has 0 aliphatic carbocycles. The molecule has 0 fully saturated rings. The smallest absolute Gasteiger partial charge is 0.185 e. The van der Waals surface area contributed by atoms with Gasteiger partial charge in [-0.1, -0.05) is 72.8 Å². The highest BCUT2D eigenvalue weighted by atomic mass is 28.4. The third-order valence-electron chi connectivity index (χ3n) is 5.91. The van der Waals surface area contributed by atoms with Crippen molar-refractivity contribution in [1.29, 1.82) is 0 Å². The molecule has 36 heavy (non-hydrogen) atoms. The van der Waals surface area contributed by atoms with Crippen LogP contribution in [0.3, 0.4) is 0 Å². The molecule has 0 N–H and O–H groups in total. The monoisotopic (exact) mass is 512 g/mol. The van der Waals surface area contributed by atoms with E-state index in [-0.39, 0.29) is 0 Å². The molecule has 0 radical (unpaired) electrons. The minimum atomic E-state index is -2.22. The first-order chi connectivity index (χ1) is 17.1. The van der Waals surface area contributed by atoms with E-state index >= 15 is 0 Å². The van der Waals surface area contributed by atoms with Gasteiger partial charge >= 0.3 is 0 Å². The summed E-state index contributed by atoms with van der Waals surface area (Å²) in [5.41, 5.74) is 1.88. The maximum atomic E-state index is 7.49. The molecular formula is C30H36N2O2Si2. The number of hydrogen-bond donors (Lipinski definition) is 0. The Hall–Kier alpha value is -2.91. The SMILES string of the molecule is C[Si](C)(C)OC(c1ccccc1)(c1cccnc1)C(O[Si](C)(C)C)(c1ccccc1)c1cccnc1. The standard InChI is InChI=1S/C30H36N2O2Si2/c1-35(2,3)33-29(25-15-9-7-10-16-25,27-19-13-21-31-23-27)30(34-36(4,5)6,26-17-11-8-12-18-26)28-20-14-22-32-24-28/h7-24H,1-6H3. The van der Waals surface area contributed by atoms with Crippen LogP contribution in [0.25, 0.3) is 0 Å². The second kappa shape index (κ2) is 10.2. The molecular weight excluding hydrogens is 477 g/mol. The van der Waals surface area contributed by atoms with Crippen LogP contribution in [0.4, 0.5) is 0 Å². The molecule has 0 spiro atoms. The fourth-order valence-corrected chi connectivity index (χ4v) is 7.53. The van der Waals surface area contributed by atoms with Gasteiger partial charge < -0.3 is 8.85 Å². The minimum Gasteiger partial charge on any atom is -0.401 e. The predicted octanol–water partition coefficient (Wildman–Crippen LogP) is 7.37. The summed E-state index contributed by atoms with van der Waals surface area (Å²) >= 11 is 0. The summed E-state index contributed by atoms with van der Waals surface area (Å²) in [7, 11) is -4.44. The first-order valence-corrected chi connectivity index (χ1v) is 19.2. The largest absolute Gasteiger partial charge is 0.401 e. The molecule has 2 aromatic carbocycles. The van der Waals surface area contributed by atoms with Crippen molar-refractivity contribution in [2.75, 3.05) is 0 Å². The van der Waals surface area contributed by atoms with Crippen LogP contribution in [0.5, 0.6) is 0 Å². The van der Waals surface area contributed by atoms with Gasteiger partial charge in [0.25, 0.3) is 0 Å². The van der Waals surface area contributed by atoms with Gasteiger partial charge in [0.1, 0.15) is 11.2 Å². The van der Waals surface area contributed by atoms with E-state index in [4.69, 9.17) is 8.85 Å². The van der Waals surface area contributed by atoms with Crippen molar-refractivity contribution in [3.63, 3.8) is 0 Å². The zero-order valence-electron chi connectivity index (χ0n) is 22.1. The first-order valence-electron chi connectivity index (χ1n) is 12.4. The van der Waals surface area contributed by atoms with Crippen molar-refractivity contribution < 1.29 is 8.85 Å². The quantitative estimate of drug-likeness (QED) is 0.220. The summed E-state index contributed by atoms with van der Waals surface area (Å²) in [6.07, 6.45) is 7.46. The van der Waals surface area contributed by atoms with Crippen molar-refractivity contribution in [3.05, 3.63) is 132 Å². The molecule has 6 heteroatoms. The normalized spacial score (nSPS) is 15.6. The lowest BCUT2D eigenvalue weighted by Gasteiger charge is -2.55. The Labute approximate surface area is 217 Å². The number of rotatable bonds is 9. The fourth-order valence-electron chi connectivity index (χ4n) is 4.93. The number of nitrogens with zero attached hydrogens (tertiary/aromatic N) is 2. The van der Waals surface area contributed by atoms with Crippen LogP contribution in [0.1, 0.15) is 22.3 Å². The molecule has 0 saturated heterocycles. The van der Waals surface area contributed by atoms with Gasteiger partial charge in [0.15, 0.2) is 16.6 Å². The van der Waals surface area contributed by atoms with Gasteiger partial charge in [-0.25, -0.2) is 0 Å². The van der Waals surface area contributed by atoms with Gasteiger partial charge in [0, 0.05) is 35.9 Å². The summed E-state index contributed by atoms with van der Waals surface area (Å²) in [5.74, 6) is 0. The second-order valence-corrected chi connectivity index (χ2v) is 19.9. The lowest BCUT2D eigenvalue weighted by molar-refractivity contribution is -0.0883. The van der Waals surface area contributed by atoms with Gasteiger partial charge in [-0.05, 0) is 62.5 Å². The highest BCUT2D eigenvalue weighted by Crippen LogP contribution is 2.56. The highest BCUT2D eigenvalue weighted by Gasteiger charge is 2.61. The van der Waals surface area contributed by atoms with Gasteiger partial charge in [-0.2, -0.15) is 0 Å². The molecule has 0 aliphatic heterocycles. The van der Waals surface area contributed by atoms with Gasteiger partial charge in [0.05, 0.1) is 0 Å². The number of aromatic nitrogens is 2. The average Bonchev–Trinajstić information content (AvgIpc) is 2.87. The first kappa shape index (κ1) is 26.2. The zero-order chi connectivity index (χ0) is 25.9. The van der Waals surface area contributed by atoms with Crippen molar-refractivity contribution >= 4 is 16.6 Å². The predicted molar refractivity (Wildman–Crippen MR) is 152 cm³/mol. The molecule has 0 aliphatic rings. The van der Waals surface area contributed by atoms with E-state index < -0.39 is 27.8 Å². The Morgan fingerprint density at radius 3 is 1.08 bits per heavy atom. The minimum absolute atomic E-state index is 0.949. The van der Waals surface area contributed by atoms with E-state index in [2.05, 4.69) is 110 Å². The van der Waals surface area contributed by atoms with Crippen LogP contribution in [-0.2, 0) is 20.1 Å². The van der Waals surface area contributed by atoms with E-state index in [0.29, 0.717) is 0 Å². The van der Waals surface area contributed by atoms with Gasteiger partial charge in [-0.15, -0.1) is 0 Å². The maximum absolute atomic E-state index is 7.49. The van der Waals surface area contributed by atoms with Crippen molar-refractivity contribution in [3.8, 4) is 0 Å². The van der Waals surface area contributed by atoms with Crippen LogP contribution in [0.15, 0.2) is 110 Å². The Bertz CT molecular complexity index is 1060.